The molecule has 1 heterocycles. The summed E-state index contributed by atoms with van der Waals surface area (Å²) in [6.45, 7) is -0.213. The van der Waals surface area contributed by atoms with E-state index in [1.165, 1.54) is 7.11 Å². The van der Waals surface area contributed by atoms with E-state index in [0.29, 0.717) is 17.4 Å². The van der Waals surface area contributed by atoms with Crippen LogP contribution in [0.3, 0.4) is 0 Å². The van der Waals surface area contributed by atoms with Crippen molar-refractivity contribution < 1.29 is 18.7 Å². The summed E-state index contributed by atoms with van der Waals surface area (Å²) in [5.41, 5.74) is 0.743. The average molecular weight is 404 g/mol. The van der Waals surface area contributed by atoms with E-state index in [1.807, 2.05) is 30.3 Å². The molecular formula is C17H14BrN3O4. The lowest BCUT2D eigenvalue weighted by atomic mass is 10.2. The number of methoxy groups -OCH3 is 1. The molecule has 128 valence electrons. The first kappa shape index (κ1) is 17.0. The van der Waals surface area contributed by atoms with E-state index >= 15 is 0 Å². The minimum absolute atomic E-state index is 0.00334. The molecule has 0 fully saturated rings. The maximum absolute atomic E-state index is 12.0. The number of rotatable bonds is 6. The summed E-state index contributed by atoms with van der Waals surface area (Å²) in [6.07, 6.45) is 0. The van der Waals surface area contributed by atoms with Crippen molar-refractivity contribution in [2.24, 2.45) is 0 Å². The van der Waals surface area contributed by atoms with Crippen molar-refractivity contribution >= 4 is 27.9 Å². The topological polar surface area (TPSA) is 86.5 Å². The highest BCUT2D eigenvalue weighted by atomic mass is 79.9. The second kappa shape index (κ2) is 7.80. The summed E-state index contributed by atoms with van der Waals surface area (Å²) in [6, 6.07) is 14.5. The molecule has 3 aromatic rings. The Morgan fingerprint density at radius 3 is 2.72 bits per heavy atom. The molecule has 0 saturated heterocycles. The zero-order valence-corrected chi connectivity index (χ0v) is 14.8. The molecule has 0 bridgehead atoms. The van der Waals surface area contributed by atoms with Gasteiger partial charge in [0.2, 0.25) is 5.89 Å². The Labute approximate surface area is 152 Å². The molecule has 7 nitrogen and oxygen atoms in total. The van der Waals surface area contributed by atoms with Crippen molar-refractivity contribution in [2.75, 3.05) is 19.0 Å². The highest BCUT2D eigenvalue weighted by Crippen LogP contribution is 2.26. The van der Waals surface area contributed by atoms with Crippen LogP contribution in [0.25, 0.3) is 11.5 Å². The van der Waals surface area contributed by atoms with Crippen LogP contribution in [0.4, 0.5) is 6.01 Å². The molecule has 1 amide bonds. The number of halogens is 1. The number of ether oxygens (including phenoxy) is 2. The smallest absolute Gasteiger partial charge is 0.322 e. The molecule has 0 unspecified atom stereocenters. The normalized spacial score (nSPS) is 10.3. The van der Waals surface area contributed by atoms with Crippen molar-refractivity contribution in [1.29, 1.82) is 0 Å². The van der Waals surface area contributed by atoms with Gasteiger partial charge in [-0.1, -0.05) is 39.2 Å². The van der Waals surface area contributed by atoms with E-state index in [2.05, 4.69) is 31.4 Å². The monoisotopic (exact) mass is 403 g/mol. The number of para-hydroxylation sites is 2. The van der Waals surface area contributed by atoms with Crippen LogP contribution in [0.2, 0.25) is 0 Å². The lowest BCUT2D eigenvalue weighted by molar-refractivity contribution is -0.118. The number of nitrogens with zero attached hydrogens (tertiary/aromatic N) is 2. The minimum atomic E-state index is -0.421. The summed E-state index contributed by atoms with van der Waals surface area (Å²) in [7, 11) is 1.53. The highest BCUT2D eigenvalue weighted by Gasteiger charge is 2.13. The third-order valence-corrected chi connectivity index (χ3v) is 3.66. The van der Waals surface area contributed by atoms with E-state index in [9.17, 15) is 4.79 Å². The maximum Gasteiger partial charge on any atom is 0.322 e. The Kier molecular flexibility index (Phi) is 5.30. The number of carbonyl (C=O) groups is 1. The first-order valence-corrected chi connectivity index (χ1v) is 8.10. The number of amides is 1. The third-order valence-electron chi connectivity index (χ3n) is 3.17. The summed E-state index contributed by atoms with van der Waals surface area (Å²) < 4.78 is 16.9. The fourth-order valence-electron chi connectivity index (χ4n) is 2.05. The van der Waals surface area contributed by atoms with Gasteiger partial charge >= 0.3 is 6.01 Å². The Hall–Kier alpha value is -2.87. The Morgan fingerprint density at radius 2 is 1.96 bits per heavy atom. The molecule has 2 aromatic carbocycles. The summed E-state index contributed by atoms with van der Waals surface area (Å²) in [5.74, 6) is 0.906. The number of hydrogen-bond acceptors (Lipinski definition) is 6. The molecule has 0 spiro atoms. The molecule has 3 rings (SSSR count). The molecule has 1 aromatic heterocycles. The second-order valence-corrected chi connectivity index (χ2v) is 5.83. The molecule has 0 aliphatic rings. The molecule has 1 N–H and O–H groups in total. The number of anilines is 1. The molecule has 8 heteroatoms. The summed E-state index contributed by atoms with van der Waals surface area (Å²) in [5, 5.41) is 10.2. The number of aromatic nitrogens is 2. The van der Waals surface area contributed by atoms with Crippen molar-refractivity contribution in [3.63, 3.8) is 0 Å². The van der Waals surface area contributed by atoms with Crippen LogP contribution < -0.4 is 14.8 Å². The molecule has 0 saturated carbocycles. The van der Waals surface area contributed by atoms with Crippen molar-refractivity contribution in [3.05, 3.63) is 53.0 Å². The van der Waals surface area contributed by atoms with E-state index in [0.717, 1.165) is 10.0 Å². The predicted octanol–water partition coefficient (Wildman–Crippen LogP) is 3.53. The number of nitrogens with one attached hydrogen (secondary N) is 1. The predicted molar refractivity (Wildman–Crippen MR) is 94.6 cm³/mol. The van der Waals surface area contributed by atoms with Crippen molar-refractivity contribution in [1.82, 2.24) is 10.2 Å². The van der Waals surface area contributed by atoms with E-state index in [1.54, 1.807) is 18.2 Å². The van der Waals surface area contributed by atoms with Gasteiger partial charge in [-0.25, -0.2) is 0 Å². The molecule has 0 atom stereocenters. The van der Waals surface area contributed by atoms with Gasteiger partial charge < -0.3 is 13.9 Å². The number of hydrogen-bond donors (Lipinski definition) is 1. The van der Waals surface area contributed by atoms with Crippen LogP contribution >= 0.6 is 15.9 Å². The fraction of sp³-hybridized carbons (Fsp3) is 0.118. The van der Waals surface area contributed by atoms with Crippen LogP contribution in [0.15, 0.2) is 57.4 Å². The summed E-state index contributed by atoms with van der Waals surface area (Å²) in [4.78, 5) is 12.0. The average Bonchev–Trinajstić information content (AvgIpc) is 3.08. The zero-order chi connectivity index (χ0) is 17.6. The van der Waals surface area contributed by atoms with Gasteiger partial charge in [-0.2, -0.15) is 0 Å². The fourth-order valence-corrected chi connectivity index (χ4v) is 2.45. The Bertz CT molecular complexity index is 882. The van der Waals surface area contributed by atoms with Gasteiger partial charge in [0.05, 0.1) is 7.11 Å². The van der Waals surface area contributed by atoms with Gasteiger partial charge in [-0.3, -0.25) is 10.1 Å². The van der Waals surface area contributed by atoms with Gasteiger partial charge in [0.15, 0.2) is 18.1 Å². The lowest BCUT2D eigenvalue weighted by Crippen LogP contribution is -2.20. The number of carbonyl (C=O) groups excluding carboxylic acids is 1. The van der Waals surface area contributed by atoms with Gasteiger partial charge in [0.25, 0.3) is 5.91 Å². The molecular weight excluding hydrogens is 390 g/mol. The molecule has 0 aliphatic heterocycles. The van der Waals surface area contributed by atoms with Gasteiger partial charge in [0.1, 0.15) is 0 Å². The largest absolute Gasteiger partial charge is 0.493 e. The van der Waals surface area contributed by atoms with Crippen LogP contribution in [0.5, 0.6) is 11.5 Å². The lowest BCUT2D eigenvalue weighted by Gasteiger charge is -2.09. The van der Waals surface area contributed by atoms with Crippen LogP contribution in [-0.4, -0.2) is 29.8 Å². The van der Waals surface area contributed by atoms with E-state index in [-0.39, 0.29) is 12.6 Å². The van der Waals surface area contributed by atoms with Gasteiger partial charge in [-0.15, -0.1) is 5.10 Å². The minimum Gasteiger partial charge on any atom is -0.493 e. The first-order valence-electron chi connectivity index (χ1n) is 7.31. The van der Waals surface area contributed by atoms with E-state index < -0.39 is 5.91 Å². The van der Waals surface area contributed by atoms with E-state index in [4.69, 9.17) is 13.9 Å². The first-order chi connectivity index (χ1) is 12.2. The molecule has 0 radical (unpaired) electrons. The molecule has 25 heavy (non-hydrogen) atoms. The Morgan fingerprint density at radius 1 is 1.16 bits per heavy atom. The van der Waals surface area contributed by atoms with Crippen LogP contribution in [0.1, 0.15) is 0 Å². The Balaban J connectivity index is 1.60. The van der Waals surface area contributed by atoms with Gasteiger partial charge in [0, 0.05) is 10.0 Å². The quantitative estimate of drug-likeness (QED) is 0.677. The number of benzene rings is 2. The van der Waals surface area contributed by atoms with Crippen LogP contribution in [0, 0.1) is 0 Å². The van der Waals surface area contributed by atoms with Crippen LogP contribution in [-0.2, 0) is 4.79 Å². The standard InChI is InChI=1S/C17H14BrN3O4/c1-23-13-7-2-3-8-14(13)24-10-15(22)19-17-21-20-16(25-17)11-5-4-6-12(18)9-11/h2-9H,10H2,1H3,(H,19,21,22). The third kappa shape index (κ3) is 4.36. The molecule has 0 aliphatic carbocycles. The second-order valence-electron chi connectivity index (χ2n) is 4.91. The zero-order valence-electron chi connectivity index (χ0n) is 13.2. The highest BCUT2D eigenvalue weighted by molar-refractivity contribution is 9.10. The van der Waals surface area contributed by atoms with Crippen molar-refractivity contribution in [3.8, 4) is 23.0 Å². The summed E-state index contributed by atoms with van der Waals surface area (Å²) >= 11 is 3.37. The van der Waals surface area contributed by atoms with Gasteiger partial charge in [-0.05, 0) is 30.3 Å². The van der Waals surface area contributed by atoms with Crippen molar-refractivity contribution in [2.45, 2.75) is 0 Å². The SMILES string of the molecule is COc1ccccc1OCC(=O)Nc1nnc(-c2cccc(Br)c2)o1. The maximum atomic E-state index is 12.0.